The Labute approximate surface area is 95.5 Å². The highest BCUT2D eigenvalue weighted by Crippen LogP contribution is 2.39. The molecule has 0 aromatic heterocycles. The van der Waals surface area contributed by atoms with Crippen molar-refractivity contribution in [3.63, 3.8) is 0 Å². The lowest BCUT2D eigenvalue weighted by molar-refractivity contribution is -0.132. The van der Waals surface area contributed by atoms with Crippen LogP contribution in [0.2, 0.25) is 0 Å². The molecule has 2 aliphatic carbocycles. The second kappa shape index (κ2) is 3.75. The van der Waals surface area contributed by atoms with E-state index in [0.717, 1.165) is 12.8 Å². The fraction of sp³-hybridized carbons (Fsp3) is 0.267. The molecular weight excluding hydrogens is 196 g/mol. The zero-order chi connectivity index (χ0) is 11.0. The van der Waals surface area contributed by atoms with Crippen LogP contribution in [0, 0.1) is 11.8 Å². The molecule has 0 spiro atoms. The minimum atomic E-state index is 0.262. The Morgan fingerprint density at radius 2 is 1.94 bits per heavy atom. The monoisotopic (exact) mass is 210 g/mol. The zero-order valence-corrected chi connectivity index (χ0v) is 9.10. The molecule has 16 heavy (non-hydrogen) atoms. The summed E-state index contributed by atoms with van der Waals surface area (Å²) in [7, 11) is 0. The van der Waals surface area contributed by atoms with Crippen molar-refractivity contribution in [1.82, 2.24) is 0 Å². The molecule has 0 unspecified atom stereocenters. The van der Waals surface area contributed by atoms with Gasteiger partial charge in [-0.05, 0) is 23.5 Å². The third-order valence-corrected chi connectivity index (χ3v) is 3.56. The first-order valence-corrected chi connectivity index (χ1v) is 5.81. The van der Waals surface area contributed by atoms with Gasteiger partial charge in [-0.3, -0.25) is 4.79 Å². The topological polar surface area (TPSA) is 17.1 Å². The molecule has 0 saturated heterocycles. The van der Waals surface area contributed by atoms with Gasteiger partial charge < -0.3 is 0 Å². The van der Waals surface area contributed by atoms with E-state index in [1.54, 1.807) is 0 Å². The van der Waals surface area contributed by atoms with Crippen LogP contribution in [-0.2, 0) is 4.79 Å². The van der Waals surface area contributed by atoms with Crippen LogP contribution in [0.1, 0.15) is 18.4 Å². The van der Waals surface area contributed by atoms with Crippen molar-refractivity contribution in [1.29, 1.82) is 0 Å². The molecule has 0 radical (unpaired) electrons. The van der Waals surface area contributed by atoms with E-state index in [1.807, 2.05) is 6.07 Å². The van der Waals surface area contributed by atoms with Gasteiger partial charge in [0.2, 0.25) is 0 Å². The van der Waals surface area contributed by atoms with Crippen LogP contribution in [0.25, 0.3) is 5.57 Å². The van der Waals surface area contributed by atoms with Crippen molar-refractivity contribution in [3.8, 4) is 0 Å². The van der Waals surface area contributed by atoms with E-state index >= 15 is 0 Å². The molecule has 0 heterocycles. The van der Waals surface area contributed by atoms with E-state index in [2.05, 4.69) is 42.5 Å². The molecule has 0 bridgehead atoms. The van der Waals surface area contributed by atoms with Crippen molar-refractivity contribution in [2.24, 2.45) is 11.8 Å². The number of carbonyl (C=O) groups excluding carboxylic acids is 1. The van der Waals surface area contributed by atoms with Crippen LogP contribution in [0.4, 0.5) is 0 Å². The van der Waals surface area contributed by atoms with Gasteiger partial charge >= 0.3 is 0 Å². The number of fused-ring (bicyclic) bond motifs is 1. The number of carbonyl (C=O) groups is 1. The number of hydrogen-bond acceptors (Lipinski definition) is 1. The summed E-state index contributed by atoms with van der Waals surface area (Å²) in [5.41, 5.74) is 2.51. The minimum absolute atomic E-state index is 0.262. The van der Waals surface area contributed by atoms with E-state index in [9.17, 15) is 4.79 Å². The second-order valence-corrected chi connectivity index (χ2v) is 4.57. The Morgan fingerprint density at radius 3 is 2.69 bits per heavy atom. The van der Waals surface area contributed by atoms with Crippen LogP contribution in [0.15, 0.2) is 48.6 Å². The van der Waals surface area contributed by atoms with Gasteiger partial charge in [0.25, 0.3) is 0 Å². The lowest BCUT2D eigenvalue weighted by atomic mass is 9.71. The predicted molar refractivity (Wildman–Crippen MR) is 64.8 cm³/mol. The molecule has 2 atom stereocenters. The van der Waals surface area contributed by atoms with Crippen LogP contribution < -0.4 is 0 Å². The van der Waals surface area contributed by atoms with Gasteiger partial charge in [0.1, 0.15) is 5.78 Å². The maximum atomic E-state index is 11.4. The fourth-order valence-corrected chi connectivity index (χ4v) is 2.54. The number of Topliss-reactive ketones (excluding diaryl/α,β-unsaturated/α-hetero) is 1. The number of ketones is 1. The summed E-state index contributed by atoms with van der Waals surface area (Å²) in [6.07, 6.45) is 8.21. The minimum Gasteiger partial charge on any atom is -0.299 e. The summed E-state index contributed by atoms with van der Waals surface area (Å²) >= 11 is 0. The van der Waals surface area contributed by atoms with Crippen LogP contribution in [-0.4, -0.2) is 5.78 Å². The first-order valence-electron chi connectivity index (χ1n) is 5.81. The second-order valence-electron chi connectivity index (χ2n) is 4.57. The molecule has 80 valence electrons. The maximum absolute atomic E-state index is 11.4. The SMILES string of the molecule is O=C1C[C@H]2C=C(c3ccccc3)C=CC[C@@H]12. The summed E-state index contributed by atoms with van der Waals surface area (Å²) in [6.45, 7) is 0. The smallest absolute Gasteiger partial charge is 0.137 e. The Morgan fingerprint density at radius 1 is 1.12 bits per heavy atom. The number of hydrogen-bond donors (Lipinski definition) is 0. The Hall–Kier alpha value is -1.63. The molecule has 1 aromatic carbocycles. The number of rotatable bonds is 1. The van der Waals surface area contributed by atoms with Gasteiger partial charge in [0.15, 0.2) is 0 Å². The van der Waals surface area contributed by atoms with Gasteiger partial charge in [0.05, 0.1) is 0 Å². The summed E-state index contributed by atoms with van der Waals surface area (Å²) in [6, 6.07) is 10.4. The highest BCUT2D eigenvalue weighted by atomic mass is 16.1. The lowest BCUT2D eigenvalue weighted by Gasteiger charge is -2.31. The van der Waals surface area contributed by atoms with Crippen molar-refractivity contribution in [3.05, 3.63) is 54.1 Å². The number of benzene rings is 1. The molecule has 0 amide bonds. The van der Waals surface area contributed by atoms with Gasteiger partial charge in [-0.1, -0.05) is 48.6 Å². The van der Waals surface area contributed by atoms with Gasteiger partial charge in [0, 0.05) is 12.3 Å². The average Bonchev–Trinajstić information content (AvgIpc) is 2.49. The van der Waals surface area contributed by atoms with Crippen molar-refractivity contribution in [2.75, 3.05) is 0 Å². The van der Waals surface area contributed by atoms with Crippen LogP contribution >= 0.6 is 0 Å². The van der Waals surface area contributed by atoms with E-state index in [-0.39, 0.29) is 5.92 Å². The van der Waals surface area contributed by atoms with E-state index in [1.165, 1.54) is 11.1 Å². The molecule has 1 saturated carbocycles. The predicted octanol–water partition coefficient (Wildman–Crippen LogP) is 3.24. The molecule has 1 aromatic rings. The highest BCUT2D eigenvalue weighted by Gasteiger charge is 2.37. The highest BCUT2D eigenvalue weighted by molar-refractivity contribution is 5.90. The van der Waals surface area contributed by atoms with Crippen molar-refractivity contribution >= 4 is 11.4 Å². The third-order valence-electron chi connectivity index (χ3n) is 3.56. The first-order chi connectivity index (χ1) is 7.84. The maximum Gasteiger partial charge on any atom is 0.137 e. The Kier molecular flexibility index (Phi) is 2.24. The molecule has 0 aliphatic heterocycles. The largest absolute Gasteiger partial charge is 0.299 e. The quantitative estimate of drug-likeness (QED) is 0.695. The molecule has 1 nitrogen and oxygen atoms in total. The average molecular weight is 210 g/mol. The van der Waals surface area contributed by atoms with Gasteiger partial charge in [-0.15, -0.1) is 0 Å². The summed E-state index contributed by atoms with van der Waals surface area (Å²) in [5, 5.41) is 0. The summed E-state index contributed by atoms with van der Waals surface area (Å²) in [5.74, 6) is 1.16. The van der Waals surface area contributed by atoms with Gasteiger partial charge in [-0.25, -0.2) is 0 Å². The summed E-state index contributed by atoms with van der Waals surface area (Å²) in [4.78, 5) is 11.4. The number of allylic oxidation sites excluding steroid dienone is 4. The van der Waals surface area contributed by atoms with Crippen molar-refractivity contribution in [2.45, 2.75) is 12.8 Å². The zero-order valence-electron chi connectivity index (χ0n) is 9.10. The van der Waals surface area contributed by atoms with E-state index < -0.39 is 0 Å². The fourth-order valence-electron chi connectivity index (χ4n) is 2.54. The third kappa shape index (κ3) is 1.53. The molecule has 3 rings (SSSR count). The van der Waals surface area contributed by atoms with E-state index in [4.69, 9.17) is 0 Å². The standard InChI is InChI=1S/C15H14O/c16-15-10-13-9-12(7-4-8-14(13)15)11-5-2-1-3-6-11/h1-7,9,13-14H,8,10H2/t13-,14-/m1/s1. The molecule has 1 heteroatoms. The molecule has 0 N–H and O–H groups in total. The van der Waals surface area contributed by atoms with Crippen LogP contribution in [0.5, 0.6) is 0 Å². The molecule has 1 fully saturated rings. The van der Waals surface area contributed by atoms with E-state index in [0.29, 0.717) is 11.7 Å². The molecule has 2 aliphatic rings. The van der Waals surface area contributed by atoms with Crippen molar-refractivity contribution < 1.29 is 4.79 Å². The van der Waals surface area contributed by atoms with Gasteiger partial charge in [-0.2, -0.15) is 0 Å². The first kappa shape index (κ1) is 9.59. The Balaban J connectivity index is 1.94. The van der Waals surface area contributed by atoms with Crippen LogP contribution in [0.3, 0.4) is 0 Å². The Bertz CT molecular complexity index is 467. The molecular formula is C15H14O. The summed E-state index contributed by atoms with van der Waals surface area (Å²) < 4.78 is 0. The normalized spacial score (nSPS) is 27.8. The lowest BCUT2D eigenvalue weighted by Crippen LogP contribution is -2.35.